The van der Waals surface area contributed by atoms with Crippen LogP contribution in [-0.2, 0) is 17.8 Å². The molecule has 0 aliphatic heterocycles. The molecule has 1 amide bonds. The van der Waals surface area contributed by atoms with E-state index in [9.17, 15) is 4.79 Å². The molecule has 0 saturated heterocycles. The van der Waals surface area contributed by atoms with Gasteiger partial charge in [0.25, 0.3) is 0 Å². The smallest absolute Gasteiger partial charge is 0.234 e. The van der Waals surface area contributed by atoms with Gasteiger partial charge in [0, 0.05) is 19.0 Å². The van der Waals surface area contributed by atoms with Crippen molar-refractivity contribution in [3.05, 3.63) is 72.6 Å². The van der Waals surface area contributed by atoms with Gasteiger partial charge < -0.3 is 19.4 Å². The van der Waals surface area contributed by atoms with Crippen molar-refractivity contribution >= 4 is 23.4 Å². The predicted molar refractivity (Wildman–Crippen MR) is 118 cm³/mol. The maximum absolute atomic E-state index is 12.5. The van der Waals surface area contributed by atoms with Crippen molar-refractivity contribution in [2.45, 2.75) is 18.1 Å². The second-order valence-electron chi connectivity index (χ2n) is 6.36. The molecule has 0 aliphatic carbocycles. The summed E-state index contributed by atoms with van der Waals surface area (Å²) in [6, 6.07) is 15.3. The molecule has 3 rings (SSSR count). The third-order valence-electron chi connectivity index (χ3n) is 4.33. The molecule has 1 N–H and O–H groups in total. The minimum absolute atomic E-state index is 0.166. The summed E-state index contributed by atoms with van der Waals surface area (Å²) in [7, 11) is 3.13. The number of carbonyl (C=O) groups is 1. The van der Waals surface area contributed by atoms with Crippen LogP contribution in [0.25, 0.3) is 0 Å². The van der Waals surface area contributed by atoms with Crippen molar-refractivity contribution < 1.29 is 14.3 Å². The Morgan fingerprint density at radius 3 is 2.67 bits per heavy atom. The average molecular weight is 425 g/mol. The van der Waals surface area contributed by atoms with Crippen LogP contribution >= 0.6 is 11.8 Å². The summed E-state index contributed by atoms with van der Waals surface area (Å²) in [5.74, 6) is 2.05. The number of hydrogen-bond acceptors (Lipinski definition) is 6. The van der Waals surface area contributed by atoms with E-state index in [1.165, 1.54) is 11.8 Å². The number of nitrogens with one attached hydrogen (secondary N) is 1. The molecule has 3 aromatic rings. The number of methoxy groups -OCH3 is 2. The molecule has 1 aromatic heterocycles. The normalized spacial score (nSPS) is 10.5. The summed E-state index contributed by atoms with van der Waals surface area (Å²) in [6.45, 7) is 4.39. The Morgan fingerprint density at radius 1 is 1.17 bits per heavy atom. The van der Waals surface area contributed by atoms with Crippen LogP contribution in [-0.4, -0.2) is 40.6 Å². The lowest BCUT2D eigenvalue weighted by Gasteiger charge is -2.12. The number of ether oxygens (including phenoxy) is 2. The lowest BCUT2D eigenvalue weighted by Crippen LogP contribution is -2.15. The standard InChI is InChI=1S/C22H24N4O3S/c1-4-12-26-20(13-16-8-6-5-7-9-16)24-25-22(26)30-15-21(27)23-18-11-10-17(28-2)14-19(18)29-3/h4-11,14H,1,12-13,15H2,2-3H3,(H,23,27). The molecule has 0 aliphatic rings. The largest absolute Gasteiger partial charge is 0.497 e. The van der Waals surface area contributed by atoms with Gasteiger partial charge in [-0.05, 0) is 17.7 Å². The Morgan fingerprint density at radius 2 is 1.97 bits per heavy atom. The number of carbonyl (C=O) groups excluding carboxylic acids is 1. The first-order chi connectivity index (χ1) is 14.6. The monoisotopic (exact) mass is 424 g/mol. The number of anilines is 1. The van der Waals surface area contributed by atoms with Crippen molar-refractivity contribution in [3.63, 3.8) is 0 Å². The maximum atomic E-state index is 12.5. The van der Waals surface area contributed by atoms with Crippen LogP contribution < -0.4 is 14.8 Å². The van der Waals surface area contributed by atoms with Crippen LogP contribution in [0.4, 0.5) is 5.69 Å². The fourth-order valence-corrected chi connectivity index (χ4v) is 3.63. The van der Waals surface area contributed by atoms with Crippen LogP contribution in [0.15, 0.2) is 66.3 Å². The van der Waals surface area contributed by atoms with Crippen LogP contribution in [0.5, 0.6) is 11.5 Å². The molecule has 30 heavy (non-hydrogen) atoms. The Hall–Kier alpha value is -3.26. The molecular formula is C22H24N4O3S. The third kappa shape index (κ3) is 5.42. The molecule has 0 unspecified atom stereocenters. The van der Waals surface area contributed by atoms with Gasteiger partial charge in [-0.2, -0.15) is 0 Å². The summed E-state index contributed by atoms with van der Waals surface area (Å²) >= 11 is 1.33. The topological polar surface area (TPSA) is 78.3 Å². The van der Waals surface area contributed by atoms with Crippen molar-refractivity contribution in [1.29, 1.82) is 0 Å². The summed E-state index contributed by atoms with van der Waals surface area (Å²) in [4.78, 5) is 12.5. The zero-order valence-corrected chi connectivity index (χ0v) is 17.8. The van der Waals surface area contributed by atoms with E-state index in [0.29, 0.717) is 35.3 Å². The van der Waals surface area contributed by atoms with E-state index in [2.05, 4.69) is 34.2 Å². The summed E-state index contributed by atoms with van der Waals surface area (Å²) in [6.07, 6.45) is 2.46. The van der Waals surface area contributed by atoms with Gasteiger partial charge in [0.05, 0.1) is 25.7 Å². The molecule has 1 heterocycles. The first-order valence-corrected chi connectivity index (χ1v) is 10.3. The van der Waals surface area contributed by atoms with E-state index >= 15 is 0 Å². The fourth-order valence-electron chi connectivity index (χ4n) is 2.87. The Balaban J connectivity index is 1.66. The minimum Gasteiger partial charge on any atom is -0.497 e. The molecule has 0 spiro atoms. The van der Waals surface area contributed by atoms with E-state index in [1.807, 2.05) is 22.8 Å². The van der Waals surface area contributed by atoms with Crippen LogP contribution in [0.1, 0.15) is 11.4 Å². The lowest BCUT2D eigenvalue weighted by molar-refractivity contribution is -0.113. The fraction of sp³-hybridized carbons (Fsp3) is 0.227. The van der Waals surface area contributed by atoms with Crippen molar-refractivity contribution in [1.82, 2.24) is 14.8 Å². The number of hydrogen-bond donors (Lipinski definition) is 1. The van der Waals surface area contributed by atoms with Crippen molar-refractivity contribution in [2.75, 3.05) is 25.3 Å². The molecule has 7 nitrogen and oxygen atoms in total. The number of allylic oxidation sites excluding steroid dienone is 1. The number of aromatic nitrogens is 3. The Kier molecular flexibility index (Phi) is 7.51. The molecule has 0 bridgehead atoms. The zero-order valence-electron chi connectivity index (χ0n) is 17.0. The number of thioether (sulfide) groups is 1. The molecule has 0 fully saturated rings. The van der Waals surface area contributed by atoms with Gasteiger partial charge >= 0.3 is 0 Å². The molecular weight excluding hydrogens is 400 g/mol. The molecule has 0 atom stereocenters. The van der Waals surface area contributed by atoms with Gasteiger partial charge in [0.2, 0.25) is 5.91 Å². The summed E-state index contributed by atoms with van der Waals surface area (Å²) < 4.78 is 12.5. The lowest BCUT2D eigenvalue weighted by atomic mass is 10.1. The van der Waals surface area contributed by atoms with Gasteiger partial charge in [-0.3, -0.25) is 4.79 Å². The van der Waals surface area contributed by atoms with E-state index in [0.717, 1.165) is 11.4 Å². The summed E-state index contributed by atoms with van der Waals surface area (Å²) in [5, 5.41) is 12.1. The van der Waals surface area contributed by atoms with Gasteiger partial charge in [-0.25, -0.2) is 0 Å². The highest BCUT2D eigenvalue weighted by Crippen LogP contribution is 2.29. The first kappa shape index (κ1) is 21.4. The minimum atomic E-state index is -0.166. The molecule has 156 valence electrons. The van der Waals surface area contributed by atoms with E-state index in [1.54, 1.807) is 38.5 Å². The first-order valence-electron chi connectivity index (χ1n) is 9.36. The van der Waals surface area contributed by atoms with Gasteiger partial charge in [-0.1, -0.05) is 48.2 Å². The number of nitrogens with zero attached hydrogens (tertiary/aromatic N) is 3. The zero-order chi connectivity index (χ0) is 21.3. The van der Waals surface area contributed by atoms with E-state index in [-0.39, 0.29) is 11.7 Å². The highest BCUT2D eigenvalue weighted by molar-refractivity contribution is 7.99. The molecule has 2 aromatic carbocycles. The Bertz CT molecular complexity index is 1000. The SMILES string of the molecule is C=CCn1c(Cc2ccccc2)nnc1SCC(=O)Nc1ccc(OC)cc1OC. The van der Waals surface area contributed by atoms with Gasteiger partial charge in [-0.15, -0.1) is 16.8 Å². The molecule has 8 heteroatoms. The van der Waals surface area contributed by atoms with Crippen LogP contribution in [0.2, 0.25) is 0 Å². The number of amides is 1. The number of rotatable bonds is 10. The Labute approximate surface area is 180 Å². The second-order valence-corrected chi connectivity index (χ2v) is 7.31. The van der Waals surface area contributed by atoms with Gasteiger partial charge in [0.1, 0.15) is 17.3 Å². The van der Waals surface area contributed by atoms with Crippen molar-refractivity contribution in [3.8, 4) is 11.5 Å². The quantitative estimate of drug-likeness (QED) is 0.394. The highest BCUT2D eigenvalue weighted by Gasteiger charge is 2.15. The van der Waals surface area contributed by atoms with Crippen LogP contribution in [0.3, 0.4) is 0 Å². The second kappa shape index (κ2) is 10.5. The van der Waals surface area contributed by atoms with E-state index in [4.69, 9.17) is 9.47 Å². The summed E-state index contributed by atoms with van der Waals surface area (Å²) in [5.41, 5.74) is 1.73. The van der Waals surface area contributed by atoms with Crippen molar-refractivity contribution in [2.24, 2.45) is 0 Å². The number of benzene rings is 2. The molecule has 0 saturated carbocycles. The van der Waals surface area contributed by atoms with E-state index < -0.39 is 0 Å². The van der Waals surface area contributed by atoms with Gasteiger partial charge in [0.15, 0.2) is 5.16 Å². The average Bonchev–Trinajstić information content (AvgIpc) is 3.14. The maximum Gasteiger partial charge on any atom is 0.234 e. The highest BCUT2D eigenvalue weighted by atomic mass is 32.2. The molecule has 0 radical (unpaired) electrons. The predicted octanol–water partition coefficient (Wildman–Crippen LogP) is 3.80. The third-order valence-corrected chi connectivity index (χ3v) is 5.29. The van der Waals surface area contributed by atoms with Crippen LogP contribution in [0, 0.1) is 0 Å².